The van der Waals surface area contributed by atoms with Crippen molar-refractivity contribution in [3.8, 4) is 11.5 Å². The molecule has 114 valence electrons. The molecule has 0 atom stereocenters. The molecule has 0 aliphatic rings. The molecular formula is C15H10ClF3N2O. The highest BCUT2D eigenvalue weighted by Gasteiger charge is 2.34. The monoisotopic (exact) mass is 326 g/mol. The van der Waals surface area contributed by atoms with Crippen LogP contribution in [0.3, 0.4) is 0 Å². The van der Waals surface area contributed by atoms with E-state index in [0.29, 0.717) is 12.1 Å². The quantitative estimate of drug-likeness (QED) is 0.747. The van der Waals surface area contributed by atoms with Gasteiger partial charge in [0.1, 0.15) is 5.52 Å². The van der Waals surface area contributed by atoms with Gasteiger partial charge in [0.05, 0.1) is 10.6 Å². The molecule has 2 aromatic carbocycles. The highest BCUT2D eigenvalue weighted by Crippen LogP contribution is 2.37. The van der Waals surface area contributed by atoms with Crippen LogP contribution in [-0.2, 0) is 12.7 Å². The number of nitrogens with zero attached hydrogens (tertiary/aromatic N) is 1. The summed E-state index contributed by atoms with van der Waals surface area (Å²) in [4.78, 5) is 4.10. The summed E-state index contributed by atoms with van der Waals surface area (Å²) in [5, 5.41) is -0.416. The maximum Gasteiger partial charge on any atom is 0.417 e. The maximum atomic E-state index is 12.8. The van der Waals surface area contributed by atoms with Crippen molar-refractivity contribution < 1.29 is 17.6 Å². The summed E-state index contributed by atoms with van der Waals surface area (Å²) < 4.78 is 44.0. The minimum absolute atomic E-state index is 0.106. The molecule has 0 saturated carbocycles. The van der Waals surface area contributed by atoms with Crippen molar-refractivity contribution in [2.75, 3.05) is 0 Å². The van der Waals surface area contributed by atoms with Crippen LogP contribution in [0.1, 0.15) is 11.1 Å². The van der Waals surface area contributed by atoms with Crippen LogP contribution in [0.15, 0.2) is 40.8 Å². The molecular weight excluding hydrogens is 317 g/mol. The second-order valence-corrected chi connectivity index (χ2v) is 5.12. The summed E-state index contributed by atoms with van der Waals surface area (Å²) in [6.45, 7) is 0.401. The van der Waals surface area contributed by atoms with E-state index in [4.69, 9.17) is 21.8 Å². The molecule has 7 heteroatoms. The number of hydrogen-bond acceptors (Lipinski definition) is 3. The molecule has 0 radical (unpaired) electrons. The predicted molar refractivity (Wildman–Crippen MR) is 77.3 cm³/mol. The number of alkyl halides is 3. The Morgan fingerprint density at radius 2 is 1.82 bits per heavy atom. The van der Waals surface area contributed by atoms with Crippen LogP contribution in [0, 0.1) is 0 Å². The Bertz CT molecular complexity index is 825. The van der Waals surface area contributed by atoms with Crippen LogP contribution < -0.4 is 5.73 Å². The largest absolute Gasteiger partial charge is 0.436 e. The van der Waals surface area contributed by atoms with E-state index in [0.717, 1.165) is 17.7 Å². The molecule has 0 spiro atoms. The van der Waals surface area contributed by atoms with Gasteiger partial charge in [0.2, 0.25) is 5.89 Å². The predicted octanol–water partition coefficient (Wildman–Crippen LogP) is 4.63. The second-order valence-electron chi connectivity index (χ2n) is 4.72. The highest BCUT2D eigenvalue weighted by molar-refractivity contribution is 6.32. The van der Waals surface area contributed by atoms with Crippen molar-refractivity contribution in [3.05, 3.63) is 52.5 Å². The lowest BCUT2D eigenvalue weighted by Crippen LogP contribution is -2.05. The fourth-order valence-electron chi connectivity index (χ4n) is 2.07. The lowest BCUT2D eigenvalue weighted by Gasteiger charge is -2.07. The lowest BCUT2D eigenvalue weighted by atomic mass is 10.1. The zero-order valence-electron chi connectivity index (χ0n) is 11.1. The standard InChI is InChI=1S/C15H10ClF3N2O/c16-11-6-13-12(5-10(11)15(17,18)19)21-14(22-13)9-3-1-8(7-20)2-4-9/h1-6H,7,20H2. The second kappa shape index (κ2) is 5.30. The third kappa shape index (κ3) is 2.67. The van der Waals surface area contributed by atoms with E-state index in [1.807, 2.05) is 0 Å². The summed E-state index contributed by atoms with van der Waals surface area (Å²) in [5.41, 5.74) is 6.48. The molecule has 0 aliphatic carbocycles. The zero-order valence-corrected chi connectivity index (χ0v) is 11.9. The van der Waals surface area contributed by atoms with E-state index in [2.05, 4.69) is 4.98 Å². The van der Waals surface area contributed by atoms with Crippen LogP contribution in [0.4, 0.5) is 13.2 Å². The highest BCUT2D eigenvalue weighted by atomic mass is 35.5. The number of oxazole rings is 1. The third-order valence-electron chi connectivity index (χ3n) is 3.22. The molecule has 2 N–H and O–H groups in total. The normalized spacial score (nSPS) is 12.0. The Morgan fingerprint density at radius 3 is 2.41 bits per heavy atom. The average Bonchev–Trinajstić information content (AvgIpc) is 2.88. The summed E-state index contributed by atoms with van der Waals surface area (Å²) in [6, 6.07) is 9.12. The minimum Gasteiger partial charge on any atom is -0.436 e. The Hall–Kier alpha value is -2.05. The van der Waals surface area contributed by atoms with Gasteiger partial charge in [-0.3, -0.25) is 0 Å². The lowest BCUT2D eigenvalue weighted by molar-refractivity contribution is -0.137. The van der Waals surface area contributed by atoms with Crippen molar-refractivity contribution in [2.45, 2.75) is 12.7 Å². The summed E-state index contributed by atoms with van der Waals surface area (Å²) in [7, 11) is 0. The maximum absolute atomic E-state index is 12.8. The van der Waals surface area contributed by atoms with Crippen LogP contribution in [-0.4, -0.2) is 4.98 Å². The number of benzene rings is 2. The van der Waals surface area contributed by atoms with E-state index in [1.165, 1.54) is 0 Å². The van der Waals surface area contributed by atoms with E-state index in [9.17, 15) is 13.2 Å². The Morgan fingerprint density at radius 1 is 1.14 bits per heavy atom. The van der Waals surface area contributed by atoms with Gasteiger partial charge in [-0.05, 0) is 23.8 Å². The minimum atomic E-state index is -4.53. The first-order valence-corrected chi connectivity index (χ1v) is 6.73. The van der Waals surface area contributed by atoms with Gasteiger partial charge in [0.25, 0.3) is 0 Å². The van der Waals surface area contributed by atoms with Gasteiger partial charge in [-0.2, -0.15) is 13.2 Å². The van der Waals surface area contributed by atoms with E-state index >= 15 is 0 Å². The molecule has 3 aromatic rings. The van der Waals surface area contributed by atoms with Gasteiger partial charge in [0.15, 0.2) is 5.58 Å². The zero-order chi connectivity index (χ0) is 15.9. The van der Waals surface area contributed by atoms with Crippen LogP contribution in [0.2, 0.25) is 5.02 Å². The SMILES string of the molecule is NCc1ccc(-c2nc3cc(C(F)(F)F)c(Cl)cc3o2)cc1. The van der Waals surface area contributed by atoms with Gasteiger partial charge in [-0.1, -0.05) is 23.7 Å². The number of rotatable bonds is 2. The smallest absolute Gasteiger partial charge is 0.417 e. The van der Waals surface area contributed by atoms with Gasteiger partial charge < -0.3 is 10.2 Å². The topological polar surface area (TPSA) is 52.0 Å². The number of fused-ring (bicyclic) bond motifs is 1. The molecule has 22 heavy (non-hydrogen) atoms. The summed E-state index contributed by atoms with van der Waals surface area (Å²) >= 11 is 5.66. The van der Waals surface area contributed by atoms with E-state index in [1.54, 1.807) is 24.3 Å². The average molecular weight is 327 g/mol. The van der Waals surface area contributed by atoms with Gasteiger partial charge in [-0.25, -0.2) is 4.98 Å². The first kappa shape index (κ1) is 14.9. The van der Waals surface area contributed by atoms with Gasteiger partial charge >= 0.3 is 6.18 Å². The first-order valence-electron chi connectivity index (χ1n) is 6.35. The molecule has 3 rings (SSSR count). The molecule has 1 aromatic heterocycles. The van der Waals surface area contributed by atoms with Crippen LogP contribution in [0.5, 0.6) is 0 Å². The van der Waals surface area contributed by atoms with Crippen molar-refractivity contribution in [1.29, 1.82) is 0 Å². The number of hydrogen-bond donors (Lipinski definition) is 1. The van der Waals surface area contributed by atoms with Crippen LogP contribution >= 0.6 is 11.6 Å². The fraction of sp³-hybridized carbons (Fsp3) is 0.133. The number of nitrogens with two attached hydrogens (primary N) is 1. The van der Waals surface area contributed by atoms with Crippen molar-refractivity contribution in [2.24, 2.45) is 5.73 Å². The summed E-state index contributed by atoms with van der Waals surface area (Å²) in [5.74, 6) is 0.231. The third-order valence-corrected chi connectivity index (χ3v) is 3.53. The first-order chi connectivity index (χ1) is 10.4. The summed E-state index contributed by atoms with van der Waals surface area (Å²) in [6.07, 6.45) is -4.53. The van der Waals surface area contributed by atoms with E-state index < -0.39 is 16.8 Å². The molecule has 0 fully saturated rings. The Balaban J connectivity index is 2.09. The number of halogens is 4. The molecule has 1 heterocycles. The Kier molecular flexibility index (Phi) is 3.58. The van der Waals surface area contributed by atoms with Crippen LogP contribution in [0.25, 0.3) is 22.6 Å². The molecule has 0 bridgehead atoms. The number of aromatic nitrogens is 1. The van der Waals surface area contributed by atoms with Crippen molar-refractivity contribution in [3.63, 3.8) is 0 Å². The van der Waals surface area contributed by atoms with Crippen molar-refractivity contribution >= 4 is 22.7 Å². The molecule has 0 unspecified atom stereocenters. The molecule has 0 amide bonds. The van der Waals surface area contributed by atoms with Gasteiger partial charge in [0, 0.05) is 18.2 Å². The van der Waals surface area contributed by atoms with Gasteiger partial charge in [-0.15, -0.1) is 0 Å². The Labute approximate surface area is 128 Å². The molecule has 0 aliphatic heterocycles. The fourth-order valence-corrected chi connectivity index (χ4v) is 2.33. The molecule has 3 nitrogen and oxygen atoms in total. The van der Waals surface area contributed by atoms with E-state index in [-0.39, 0.29) is 17.0 Å². The molecule has 0 saturated heterocycles. The van der Waals surface area contributed by atoms with Crippen molar-refractivity contribution in [1.82, 2.24) is 4.98 Å².